The zero-order valence-corrected chi connectivity index (χ0v) is 20.6. The molecule has 0 saturated heterocycles. The molecule has 0 bridgehead atoms. The fourth-order valence-corrected chi connectivity index (χ4v) is 6.12. The number of thiazole rings is 1. The first-order valence-corrected chi connectivity index (χ1v) is 13.1. The molecule has 0 fully saturated rings. The van der Waals surface area contributed by atoms with Gasteiger partial charge in [-0.25, -0.2) is 8.42 Å². The molecule has 0 aliphatic rings. The summed E-state index contributed by atoms with van der Waals surface area (Å²) in [6.07, 6.45) is 3.03. The van der Waals surface area contributed by atoms with Crippen LogP contribution in [0.1, 0.15) is 37.0 Å². The van der Waals surface area contributed by atoms with Gasteiger partial charge in [0.15, 0.2) is 4.80 Å². The minimum absolute atomic E-state index is 0.0574. The van der Waals surface area contributed by atoms with E-state index < -0.39 is 20.9 Å². The number of allylic oxidation sites excluding steroid dienone is 1. The Balaban J connectivity index is 1.98. The fourth-order valence-electron chi connectivity index (χ4n) is 3.48. The molecule has 11 heteroatoms. The first-order chi connectivity index (χ1) is 16.2. The standard InChI is InChI=1S/C23H26N4O5S2/c1-4-13-25(14-5-2)34(31,32)19-10-7-17(8-11-19)22(28)24-23-26(15-6-3)20-16-18(27(29)30)9-12-21(20)33-23/h6-12,16H,3-5,13-15H2,1-2H3. The highest BCUT2D eigenvalue weighted by Gasteiger charge is 2.23. The molecule has 1 amide bonds. The molecule has 0 radical (unpaired) electrons. The molecule has 1 aromatic heterocycles. The van der Waals surface area contributed by atoms with E-state index in [1.165, 1.54) is 52.0 Å². The van der Waals surface area contributed by atoms with E-state index in [1.54, 1.807) is 16.7 Å². The van der Waals surface area contributed by atoms with Crippen LogP contribution in [-0.4, -0.2) is 41.2 Å². The number of carbonyl (C=O) groups is 1. The average Bonchev–Trinajstić information content (AvgIpc) is 3.15. The van der Waals surface area contributed by atoms with Crippen molar-refractivity contribution in [2.75, 3.05) is 13.1 Å². The molecular formula is C23H26N4O5S2. The number of hydrogen-bond acceptors (Lipinski definition) is 6. The summed E-state index contributed by atoms with van der Waals surface area (Å²) in [5.41, 5.74) is 0.766. The largest absolute Gasteiger partial charge is 0.312 e. The van der Waals surface area contributed by atoms with Gasteiger partial charge in [-0.2, -0.15) is 9.30 Å². The quantitative estimate of drug-likeness (QED) is 0.232. The average molecular weight is 503 g/mol. The molecule has 0 spiro atoms. The molecule has 34 heavy (non-hydrogen) atoms. The number of sulfonamides is 1. The zero-order valence-electron chi connectivity index (χ0n) is 19.0. The Kier molecular flexibility index (Phi) is 8.13. The van der Waals surface area contributed by atoms with E-state index in [2.05, 4.69) is 11.6 Å². The molecule has 0 atom stereocenters. The van der Waals surface area contributed by atoms with Crippen molar-refractivity contribution in [2.24, 2.45) is 4.99 Å². The predicted octanol–water partition coefficient (Wildman–Crippen LogP) is 4.35. The van der Waals surface area contributed by atoms with Gasteiger partial charge in [0, 0.05) is 37.3 Å². The van der Waals surface area contributed by atoms with Crippen molar-refractivity contribution >= 4 is 43.2 Å². The Labute approximate surface area is 201 Å². The van der Waals surface area contributed by atoms with Crippen LogP contribution in [0.5, 0.6) is 0 Å². The maximum absolute atomic E-state index is 12.9. The first-order valence-electron chi connectivity index (χ1n) is 10.8. The van der Waals surface area contributed by atoms with Gasteiger partial charge in [-0.15, -0.1) is 6.58 Å². The van der Waals surface area contributed by atoms with Gasteiger partial charge < -0.3 is 4.57 Å². The summed E-state index contributed by atoms with van der Waals surface area (Å²) in [6, 6.07) is 10.2. The van der Waals surface area contributed by atoms with Crippen LogP contribution in [-0.2, 0) is 16.6 Å². The van der Waals surface area contributed by atoms with Gasteiger partial charge in [0.2, 0.25) is 10.0 Å². The van der Waals surface area contributed by atoms with Gasteiger partial charge in [-0.3, -0.25) is 14.9 Å². The lowest BCUT2D eigenvalue weighted by atomic mass is 10.2. The molecule has 180 valence electrons. The summed E-state index contributed by atoms with van der Waals surface area (Å²) in [5.74, 6) is -0.540. The van der Waals surface area contributed by atoms with E-state index in [-0.39, 0.29) is 16.1 Å². The van der Waals surface area contributed by atoms with Crippen LogP contribution in [0, 0.1) is 10.1 Å². The second kappa shape index (κ2) is 10.9. The van der Waals surface area contributed by atoms with Crippen LogP contribution in [0.4, 0.5) is 5.69 Å². The summed E-state index contributed by atoms with van der Waals surface area (Å²) in [4.78, 5) is 28.2. The van der Waals surface area contributed by atoms with E-state index in [0.29, 0.717) is 42.8 Å². The molecule has 1 heterocycles. The summed E-state index contributed by atoms with van der Waals surface area (Å²) in [5, 5.41) is 11.2. The lowest BCUT2D eigenvalue weighted by Gasteiger charge is -2.21. The van der Waals surface area contributed by atoms with Crippen molar-refractivity contribution in [2.45, 2.75) is 38.1 Å². The number of carbonyl (C=O) groups excluding carboxylic acids is 1. The van der Waals surface area contributed by atoms with Crippen molar-refractivity contribution < 1.29 is 18.1 Å². The van der Waals surface area contributed by atoms with Gasteiger partial charge in [-0.05, 0) is 43.2 Å². The van der Waals surface area contributed by atoms with E-state index >= 15 is 0 Å². The fraction of sp³-hybridized carbons (Fsp3) is 0.304. The second-order valence-corrected chi connectivity index (χ2v) is 10.5. The third-order valence-electron chi connectivity index (χ3n) is 5.07. The molecule has 0 aliphatic carbocycles. The Morgan fingerprint density at radius 3 is 2.38 bits per heavy atom. The number of amides is 1. The predicted molar refractivity (Wildman–Crippen MR) is 132 cm³/mol. The summed E-state index contributed by atoms with van der Waals surface area (Å²) in [7, 11) is -3.65. The molecule has 0 N–H and O–H groups in total. The summed E-state index contributed by atoms with van der Waals surface area (Å²) in [6.45, 7) is 8.73. The topological polar surface area (TPSA) is 115 Å². The van der Waals surface area contributed by atoms with Crippen LogP contribution in [0.15, 0.2) is 65.0 Å². The maximum Gasteiger partial charge on any atom is 0.279 e. The Morgan fingerprint density at radius 1 is 1.18 bits per heavy atom. The van der Waals surface area contributed by atoms with Crippen LogP contribution in [0.2, 0.25) is 0 Å². The number of hydrogen-bond donors (Lipinski definition) is 0. The van der Waals surface area contributed by atoms with Gasteiger partial charge in [0.25, 0.3) is 11.6 Å². The van der Waals surface area contributed by atoms with Gasteiger partial charge in [0.05, 0.1) is 20.0 Å². The lowest BCUT2D eigenvalue weighted by molar-refractivity contribution is -0.384. The highest BCUT2D eigenvalue weighted by molar-refractivity contribution is 7.89. The van der Waals surface area contributed by atoms with Crippen LogP contribution in [0.25, 0.3) is 10.2 Å². The van der Waals surface area contributed by atoms with Gasteiger partial charge >= 0.3 is 0 Å². The first kappa shape index (κ1) is 25.5. The number of aromatic nitrogens is 1. The molecule has 3 aromatic rings. The molecule has 3 rings (SSSR count). The Hall–Kier alpha value is -3.15. The van der Waals surface area contributed by atoms with Gasteiger partial charge in [-0.1, -0.05) is 31.3 Å². The van der Waals surface area contributed by atoms with Crippen molar-refractivity contribution in [1.29, 1.82) is 0 Å². The van der Waals surface area contributed by atoms with E-state index in [0.717, 1.165) is 4.70 Å². The number of rotatable bonds is 10. The number of non-ortho nitro benzene ring substituents is 1. The highest BCUT2D eigenvalue weighted by Crippen LogP contribution is 2.23. The molecular weight excluding hydrogens is 476 g/mol. The smallest absolute Gasteiger partial charge is 0.279 e. The number of nitrogens with zero attached hydrogens (tertiary/aromatic N) is 4. The van der Waals surface area contributed by atoms with Crippen molar-refractivity contribution in [3.8, 4) is 0 Å². The minimum atomic E-state index is -3.65. The Morgan fingerprint density at radius 2 is 1.82 bits per heavy atom. The maximum atomic E-state index is 12.9. The molecule has 2 aromatic carbocycles. The minimum Gasteiger partial charge on any atom is -0.312 e. The number of fused-ring (bicyclic) bond motifs is 1. The van der Waals surface area contributed by atoms with E-state index in [1.807, 2.05) is 13.8 Å². The zero-order chi connectivity index (χ0) is 24.9. The molecule has 0 aliphatic heterocycles. The summed E-state index contributed by atoms with van der Waals surface area (Å²) < 4.78 is 29.7. The Bertz CT molecular complexity index is 1380. The third kappa shape index (κ3) is 5.32. The van der Waals surface area contributed by atoms with Crippen LogP contribution < -0.4 is 4.80 Å². The SMILES string of the molecule is C=CCn1c(=NC(=O)c2ccc(S(=O)(=O)N(CCC)CCC)cc2)sc2ccc([N+](=O)[O-])cc21. The highest BCUT2D eigenvalue weighted by atomic mass is 32.2. The van der Waals surface area contributed by atoms with Crippen LogP contribution in [0.3, 0.4) is 0 Å². The van der Waals surface area contributed by atoms with Crippen molar-refractivity contribution in [3.05, 3.63) is 75.6 Å². The second-order valence-electron chi connectivity index (χ2n) is 7.54. The molecule has 0 unspecified atom stereocenters. The number of nitro benzene ring substituents is 1. The van der Waals surface area contributed by atoms with Crippen LogP contribution >= 0.6 is 11.3 Å². The van der Waals surface area contributed by atoms with Gasteiger partial charge in [0.1, 0.15) is 0 Å². The molecule has 0 saturated carbocycles. The van der Waals surface area contributed by atoms with E-state index in [9.17, 15) is 23.3 Å². The molecule has 9 nitrogen and oxygen atoms in total. The summed E-state index contributed by atoms with van der Waals surface area (Å²) >= 11 is 1.23. The third-order valence-corrected chi connectivity index (χ3v) is 8.04. The number of benzene rings is 2. The van der Waals surface area contributed by atoms with Crippen molar-refractivity contribution in [3.63, 3.8) is 0 Å². The normalized spacial score (nSPS) is 12.4. The number of nitro groups is 1. The van der Waals surface area contributed by atoms with E-state index in [4.69, 9.17) is 0 Å². The van der Waals surface area contributed by atoms with Crippen molar-refractivity contribution in [1.82, 2.24) is 8.87 Å². The lowest BCUT2D eigenvalue weighted by Crippen LogP contribution is -2.32. The monoisotopic (exact) mass is 502 g/mol.